The fraction of sp³-hybridized carbons (Fsp3) is 0.125. The number of hydrogen-bond donors (Lipinski definition) is 0. The lowest BCUT2D eigenvalue weighted by atomic mass is 10.1. The molecule has 2 heterocycles. The molecule has 4 rings (SSSR count). The molecule has 0 aliphatic carbocycles. The second-order valence-electron chi connectivity index (χ2n) is 6.73. The number of nitrogens with zero attached hydrogens (tertiary/aromatic N) is 3. The van der Waals surface area contributed by atoms with Gasteiger partial charge in [0, 0.05) is 17.5 Å². The van der Waals surface area contributed by atoms with Crippen LogP contribution in [-0.4, -0.2) is 27.5 Å². The molecule has 1 aromatic heterocycles. The van der Waals surface area contributed by atoms with Crippen LogP contribution in [0.25, 0.3) is 17.3 Å². The Morgan fingerprint density at radius 2 is 1.80 bits per heavy atom. The lowest BCUT2D eigenvalue weighted by Gasteiger charge is -2.11. The summed E-state index contributed by atoms with van der Waals surface area (Å²) in [4.78, 5) is 24.6. The van der Waals surface area contributed by atoms with Gasteiger partial charge in [0.1, 0.15) is 0 Å². The third-order valence-electron chi connectivity index (χ3n) is 4.51. The fourth-order valence-corrected chi connectivity index (χ4v) is 4.92. The van der Waals surface area contributed by atoms with Crippen molar-refractivity contribution in [2.24, 2.45) is 4.99 Å². The second kappa shape index (κ2) is 9.24. The Bertz CT molecular complexity index is 1130. The maximum atomic E-state index is 12.9. The monoisotopic (exact) mass is 431 g/mol. The molecule has 0 saturated carbocycles. The Morgan fingerprint density at radius 3 is 2.50 bits per heavy atom. The zero-order chi connectivity index (χ0) is 20.9. The van der Waals surface area contributed by atoms with Crippen LogP contribution >= 0.6 is 23.1 Å². The molecule has 0 N–H and O–H groups in total. The lowest BCUT2D eigenvalue weighted by molar-refractivity contribution is -0.122. The smallest absolute Gasteiger partial charge is 0.266 e. The summed E-state index contributed by atoms with van der Waals surface area (Å²) in [6.45, 7) is 4.54. The van der Waals surface area contributed by atoms with Gasteiger partial charge in [0.25, 0.3) is 5.91 Å². The van der Waals surface area contributed by atoms with Crippen molar-refractivity contribution in [3.8, 4) is 11.3 Å². The summed E-state index contributed by atoms with van der Waals surface area (Å²) in [5, 5.41) is 3.33. The van der Waals surface area contributed by atoms with Gasteiger partial charge in [0.2, 0.25) is 5.13 Å². The van der Waals surface area contributed by atoms with Crippen LogP contribution in [0.3, 0.4) is 0 Å². The third kappa shape index (κ3) is 4.61. The molecule has 30 heavy (non-hydrogen) atoms. The number of aliphatic imine (C=N–C) groups is 1. The lowest BCUT2D eigenvalue weighted by Crippen LogP contribution is -2.28. The molecular formula is C24H21N3OS2. The summed E-state index contributed by atoms with van der Waals surface area (Å²) in [5.41, 5.74) is 4.09. The number of aromatic nitrogens is 1. The van der Waals surface area contributed by atoms with Crippen molar-refractivity contribution in [2.45, 2.75) is 13.8 Å². The SMILES string of the molecule is CCN1C(=O)/C(=C/C(C)=C/c2ccccc2)S/C1=N/c1nc(-c2ccccc2)cs1. The van der Waals surface area contributed by atoms with Crippen LogP contribution in [0.4, 0.5) is 5.13 Å². The highest BCUT2D eigenvalue weighted by molar-refractivity contribution is 8.18. The standard InChI is InChI=1S/C24H21N3OS2/c1-3-27-22(28)21(15-17(2)14-18-10-6-4-7-11-18)30-24(27)26-23-25-20(16-29-23)19-12-8-5-9-13-19/h4-16H,3H2,1-2H3/b17-14+,21-15-,26-24+. The minimum atomic E-state index is -0.0121. The Balaban J connectivity index is 1.58. The van der Waals surface area contributed by atoms with E-state index in [4.69, 9.17) is 0 Å². The van der Waals surface area contributed by atoms with Crippen LogP contribution in [-0.2, 0) is 4.79 Å². The molecule has 4 nitrogen and oxygen atoms in total. The normalized spacial score (nSPS) is 17.3. The molecule has 150 valence electrons. The molecule has 0 bridgehead atoms. The molecule has 0 spiro atoms. The summed E-state index contributed by atoms with van der Waals surface area (Å²) in [5.74, 6) is -0.0121. The molecule has 1 saturated heterocycles. The van der Waals surface area contributed by atoms with Gasteiger partial charge in [-0.25, -0.2) is 4.98 Å². The van der Waals surface area contributed by atoms with Crippen molar-refractivity contribution < 1.29 is 4.79 Å². The number of amidine groups is 1. The van der Waals surface area contributed by atoms with Crippen LogP contribution in [0.2, 0.25) is 0 Å². The molecule has 0 unspecified atom stereocenters. The molecule has 3 aromatic rings. The number of benzene rings is 2. The average molecular weight is 432 g/mol. The van der Waals surface area contributed by atoms with Crippen molar-refractivity contribution in [3.05, 3.63) is 88.2 Å². The fourth-order valence-electron chi connectivity index (χ4n) is 3.07. The van der Waals surface area contributed by atoms with Crippen LogP contribution < -0.4 is 0 Å². The zero-order valence-corrected chi connectivity index (χ0v) is 18.4. The predicted molar refractivity (Wildman–Crippen MR) is 128 cm³/mol. The molecule has 1 aliphatic heterocycles. The zero-order valence-electron chi connectivity index (χ0n) is 16.8. The van der Waals surface area contributed by atoms with Crippen molar-refractivity contribution >= 4 is 45.4 Å². The topological polar surface area (TPSA) is 45.6 Å². The molecule has 0 radical (unpaired) electrons. The van der Waals surface area contributed by atoms with Crippen LogP contribution in [0.1, 0.15) is 19.4 Å². The van der Waals surface area contributed by atoms with Gasteiger partial charge in [-0.15, -0.1) is 11.3 Å². The van der Waals surface area contributed by atoms with Crippen molar-refractivity contribution in [3.63, 3.8) is 0 Å². The van der Waals surface area contributed by atoms with Crippen molar-refractivity contribution in [1.82, 2.24) is 9.88 Å². The first-order valence-electron chi connectivity index (χ1n) is 9.68. The Kier molecular flexibility index (Phi) is 6.26. The van der Waals surface area contributed by atoms with Gasteiger partial charge in [-0.3, -0.25) is 9.69 Å². The van der Waals surface area contributed by atoms with Crippen molar-refractivity contribution in [1.29, 1.82) is 0 Å². The quantitative estimate of drug-likeness (QED) is 0.440. The van der Waals surface area contributed by atoms with Crippen LogP contribution in [0.5, 0.6) is 0 Å². The largest absolute Gasteiger partial charge is 0.287 e. The molecule has 0 atom stereocenters. The molecule has 1 aliphatic rings. The highest BCUT2D eigenvalue weighted by Crippen LogP contribution is 2.35. The van der Waals surface area contributed by atoms with E-state index in [1.165, 1.54) is 23.1 Å². The van der Waals surface area contributed by atoms with E-state index in [-0.39, 0.29) is 5.91 Å². The predicted octanol–water partition coefficient (Wildman–Crippen LogP) is 6.38. The first kappa shape index (κ1) is 20.3. The number of thiazole rings is 1. The maximum Gasteiger partial charge on any atom is 0.266 e. The summed E-state index contributed by atoms with van der Waals surface area (Å²) in [6.07, 6.45) is 4.00. The van der Waals surface area contributed by atoms with E-state index in [0.717, 1.165) is 22.4 Å². The number of allylic oxidation sites excluding steroid dienone is 2. The third-order valence-corrected chi connectivity index (χ3v) is 6.25. The van der Waals surface area contributed by atoms with Gasteiger partial charge in [0.05, 0.1) is 10.6 Å². The Hall–Kier alpha value is -2.96. The highest BCUT2D eigenvalue weighted by Gasteiger charge is 2.32. The number of hydrogen-bond acceptors (Lipinski definition) is 5. The first-order chi connectivity index (χ1) is 14.6. The minimum Gasteiger partial charge on any atom is -0.287 e. The summed E-state index contributed by atoms with van der Waals surface area (Å²) >= 11 is 2.88. The van der Waals surface area contributed by atoms with E-state index in [1.54, 1.807) is 4.90 Å². The maximum absolute atomic E-state index is 12.9. The van der Waals surface area contributed by atoms with Crippen molar-refractivity contribution in [2.75, 3.05) is 6.54 Å². The molecule has 1 amide bonds. The molecular weight excluding hydrogens is 410 g/mol. The molecule has 1 fully saturated rings. The summed E-state index contributed by atoms with van der Waals surface area (Å²) in [6, 6.07) is 20.1. The van der Waals surface area contributed by atoms with E-state index in [9.17, 15) is 4.79 Å². The first-order valence-corrected chi connectivity index (χ1v) is 11.4. The molecule has 2 aromatic carbocycles. The van der Waals surface area contributed by atoms with Crippen LogP contribution in [0.15, 0.2) is 87.6 Å². The molecule has 6 heteroatoms. The van der Waals surface area contributed by atoms with E-state index in [0.29, 0.717) is 21.7 Å². The number of thioether (sulfide) groups is 1. The van der Waals surface area contributed by atoms with Gasteiger partial charge >= 0.3 is 0 Å². The number of amides is 1. The van der Waals surface area contributed by atoms with Gasteiger partial charge in [-0.05, 0) is 42.8 Å². The van der Waals surface area contributed by atoms with Gasteiger partial charge < -0.3 is 0 Å². The summed E-state index contributed by atoms with van der Waals surface area (Å²) < 4.78 is 0. The summed E-state index contributed by atoms with van der Waals surface area (Å²) in [7, 11) is 0. The van der Waals surface area contributed by atoms with Gasteiger partial charge in [-0.2, -0.15) is 4.99 Å². The van der Waals surface area contributed by atoms with Crippen LogP contribution in [0, 0.1) is 0 Å². The van der Waals surface area contributed by atoms with E-state index in [2.05, 4.69) is 16.1 Å². The number of carbonyl (C=O) groups is 1. The van der Waals surface area contributed by atoms with Gasteiger partial charge in [0.15, 0.2) is 5.17 Å². The van der Waals surface area contributed by atoms with Gasteiger partial charge in [-0.1, -0.05) is 66.7 Å². The highest BCUT2D eigenvalue weighted by atomic mass is 32.2. The Labute approximate surface area is 184 Å². The van der Waals surface area contributed by atoms with E-state index in [1.807, 2.05) is 86.0 Å². The number of likely N-dealkylation sites (N-methyl/N-ethyl adjacent to an activating group) is 1. The van der Waals surface area contributed by atoms with E-state index >= 15 is 0 Å². The second-order valence-corrected chi connectivity index (χ2v) is 8.58. The Morgan fingerprint density at radius 1 is 1.10 bits per heavy atom. The number of rotatable bonds is 5. The number of carbonyl (C=O) groups excluding carboxylic acids is 1. The van der Waals surface area contributed by atoms with E-state index < -0.39 is 0 Å². The minimum absolute atomic E-state index is 0.0121. The average Bonchev–Trinajstić information content (AvgIpc) is 3.34.